The van der Waals surface area contributed by atoms with Crippen molar-refractivity contribution in [1.29, 1.82) is 0 Å². The van der Waals surface area contributed by atoms with Gasteiger partial charge in [0.2, 0.25) is 0 Å². The highest BCUT2D eigenvalue weighted by Crippen LogP contribution is 1.95. The average Bonchev–Trinajstić information content (AvgIpc) is 2.19. The quantitative estimate of drug-likeness (QED) is 0.506. The minimum Gasteiger partial charge on any atom is -1.00 e. The van der Waals surface area contributed by atoms with Gasteiger partial charge in [0.15, 0.2) is 6.54 Å². The molecule has 2 heterocycles. The molecule has 1 aliphatic rings. The Kier molecular flexibility index (Phi) is 3.76. The molecule has 1 amide bonds. The van der Waals surface area contributed by atoms with E-state index in [2.05, 4.69) is 15.5 Å². The molecule has 5 nitrogen and oxygen atoms in total. The van der Waals surface area contributed by atoms with Crippen LogP contribution in [-0.4, -0.2) is 30.3 Å². The Morgan fingerprint density at radius 1 is 1.40 bits per heavy atom. The maximum absolute atomic E-state index is 11.0. The number of nitrogens with zero attached hydrogens (tertiary/aromatic N) is 2. The molecule has 0 fully saturated rings. The zero-order chi connectivity index (χ0) is 9.97. The van der Waals surface area contributed by atoms with Gasteiger partial charge in [0.1, 0.15) is 0 Å². The van der Waals surface area contributed by atoms with Crippen LogP contribution in [0.4, 0.5) is 0 Å². The highest BCUT2D eigenvalue weighted by molar-refractivity contribution is 5.95. The number of hydrazone groups is 1. The Hall–Kier alpha value is -1.46. The van der Waals surface area contributed by atoms with E-state index >= 15 is 0 Å². The van der Waals surface area contributed by atoms with Crippen LogP contribution in [0.25, 0.3) is 0 Å². The molecule has 1 aromatic rings. The van der Waals surface area contributed by atoms with Gasteiger partial charge in [-0.05, 0) is 12.1 Å². The number of nitrogens with one attached hydrogen (secondary N) is 2. The highest BCUT2D eigenvalue weighted by Gasteiger charge is 2.23. The smallest absolute Gasteiger partial charge is 0.295 e. The number of carbonyl (C=O) groups excluding carboxylic acids is 1. The number of pyridine rings is 1. The van der Waals surface area contributed by atoms with Crippen LogP contribution in [0.5, 0.6) is 0 Å². The second-order valence-electron chi connectivity index (χ2n) is 3.19. The van der Waals surface area contributed by atoms with Crippen LogP contribution < -0.4 is 22.7 Å². The van der Waals surface area contributed by atoms with Crippen LogP contribution in [0.15, 0.2) is 29.6 Å². The van der Waals surface area contributed by atoms with Gasteiger partial charge < -0.3 is 12.4 Å². The van der Waals surface area contributed by atoms with Gasteiger partial charge in [-0.15, -0.1) is 5.10 Å². The molecular weight excluding hydrogens is 216 g/mol. The number of likely N-dealkylation sites (N-methyl/N-ethyl adjacent to an activating group) is 1. The summed E-state index contributed by atoms with van der Waals surface area (Å²) in [5, 5.41) is 4.01. The number of rotatable bonds is 1. The molecule has 15 heavy (non-hydrogen) atoms. The van der Waals surface area contributed by atoms with E-state index in [1.807, 2.05) is 19.2 Å². The lowest BCUT2D eigenvalue weighted by atomic mass is 10.2. The fourth-order valence-corrected chi connectivity index (χ4v) is 1.40. The van der Waals surface area contributed by atoms with Crippen molar-refractivity contribution < 1.29 is 22.1 Å². The lowest BCUT2D eigenvalue weighted by molar-refractivity contribution is -0.774. The molecular formula is C9H11ClN4O. The van der Waals surface area contributed by atoms with Gasteiger partial charge in [0.25, 0.3) is 11.7 Å². The second kappa shape index (κ2) is 4.86. The molecule has 2 rings (SSSR count). The summed E-state index contributed by atoms with van der Waals surface area (Å²) >= 11 is 0. The number of amidine groups is 1. The molecule has 80 valence electrons. The zero-order valence-corrected chi connectivity index (χ0v) is 8.95. The van der Waals surface area contributed by atoms with Crippen LogP contribution in [-0.2, 0) is 4.79 Å². The molecule has 0 radical (unpaired) electrons. The molecule has 0 saturated heterocycles. The summed E-state index contributed by atoms with van der Waals surface area (Å²) in [6.45, 7) is 0.418. The first-order chi connectivity index (χ1) is 6.77. The monoisotopic (exact) mass is 226 g/mol. The van der Waals surface area contributed by atoms with Crippen molar-refractivity contribution in [3.8, 4) is 0 Å². The maximum atomic E-state index is 11.0. The fraction of sp³-hybridized carbons (Fsp3) is 0.222. The van der Waals surface area contributed by atoms with E-state index < -0.39 is 0 Å². The summed E-state index contributed by atoms with van der Waals surface area (Å²) in [5.41, 5.74) is 3.45. The molecule has 0 bridgehead atoms. The van der Waals surface area contributed by atoms with Crippen molar-refractivity contribution >= 4 is 11.7 Å². The summed E-state index contributed by atoms with van der Waals surface area (Å²) in [4.78, 5) is 15.9. The Labute approximate surface area is 93.6 Å². The van der Waals surface area contributed by atoms with Gasteiger partial charge in [-0.1, -0.05) is 0 Å². The standard InChI is InChI=1S/C9H10N4O.ClH/c1-13-6-8(14)11-12-9(13)7-2-4-10-5-3-7;/h2-5H,6H2,1H3,(H,11,14);1H. The average molecular weight is 227 g/mol. The summed E-state index contributed by atoms with van der Waals surface area (Å²) in [6, 6.07) is 3.75. The first kappa shape index (κ1) is 11.6. The number of amides is 1. The normalized spacial score (nSPS) is 19.9. The first-order valence-corrected chi connectivity index (χ1v) is 4.37. The third-order valence-electron chi connectivity index (χ3n) is 2.08. The Bertz CT molecular complexity index is 379. The molecule has 0 spiro atoms. The largest absolute Gasteiger partial charge is 1.00 e. The van der Waals surface area contributed by atoms with E-state index in [0.29, 0.717) is 6.54 Å². The van der Waals surface area contributed by atoms with E-state index in [9.17, 15) is 4.79 Å². The van der Waals surface area contributed by atoms with Crippen molar-refractivity contribution in [1.82, 2.24) is 10.4 Å². The summed E-state index contributed by atoms with van der Waals surface area (Å²) in [7, 11) is 1.91. The lowest BCUT2D eigenvalue weighted by Gasteiger charge is -2.18. The van der Waals surface area contributed by atoms with Gasteiger partial charge in [-0.25, -0.2) is 5.43 Å². The van der Waals surface area contributed by atoms with E-state index in [0.717, 1.165) is 16.3 Å². The van der Waals surface area contributed by atoms with Crippen LogP contribution in [0.3, 0.4) is 0 Å². The van der Waals surface area contributed by atoms with Crippen molar-refractivity contribution in [2.45, 2.75) is 0 Å². The Morgan fingerprint density at radius 3 is 2.67 bits per heavy atom. The summed E-state index contributed by atoms with van der Waals surface area (Å²) in [5.74, 6) is 0.785. The third-order valence-corrected chi connectivity index (χ3v) is 2.08. The molecule has 2 N–H and O–H groups in total. The van der Waals surface area contributed by atoms with Crippen molar-refractivity contribution in [2.24, 2.45) is 5.10 Å². The van der Waals surface area contributed by atoms with Crippen LogP contribution >= 0.6 is 0 Å². The van der Waals surface area contributed by atoms with Crippen molar-refractivity contribution in [3.63, 3.8) is 0 Å². The van der Waals surface area contributed by atoms with Crippen molar-refractivity contribution in [3.05, 3.63) is 30.1 Å². The molecule has 0 saturated carbocycles. The highest BCUT2D eigenvalue weighted by atomic mass is 35.5. The second-order valence-corrected chi connectivity index (χ2v) is 3.19. The molecule has 1 unspecified atom stereocenters. The van der Waals surface area contributed by atoms with E-state index in [-0.39, 0.29) is 18.3 Å². The molecule has 1 aromatic heterocycles. The predicted octanol–water partition coefficient (Wildman–Crippen LogP) is -4.61. The SMILES string of the molecule is C[NH+]1CC(=O)NN=C1c1ccncc1.[Cl-]. The minimum atomic E-state index is -0.0553. The van der Waals surface area contributed by atoms with Gasteiger partial charge in [-0.3, -0.25) is 14.7 Å². The third kappa shape index (κ3) is 2.51. The first-order valence-electron chi connectivity index (χ1n) is 4.37. The topological polar surface area (TPSA) is 58.8 Å². The summed E-state index contributed by atoms with van der Waals surface area (Å²) in [6.07, 6.45) is 3.42. The number of hydrogen-bond acceptors (Lipinski definition) is 3. The number of aromatic nitrogens is 1. The number of halogens is 1. The van der Waals surface area contributed by atoms with Crippen LogP contribution in [0.2, 0.25) is 0 Å². The number of quaternary nitrogens is 1. The summed E-state index contributed by atoms with van der Waals surface area (Å²) < 4.78 is 0. The van der Waals surface area contributed by atoms with E-state index in [1.165, 1.54) is 0 Å². The Morgan fingerprint density at radius 2 is 2.07 bits per heavy atom. The van der Waals surface area contributed by atoms with Crippen LogP contribution in [0.1, 0.15) is 5.56 Å². The number of hydrogen-bond donors (Lipinski definition) is 2. The van der Waals surface area contributed by atoms with Crippen molar-refractivity contribution in [2.75, 3.05) is 13.6 Å². The van der Waals surface area contributed by atoms with E-state index in [4.69, 9.17) is 0 Å². The number of carbonyl (C=O) groups is 1. The zero-order valence-electron chi connectivity index (χ0n) is 8.20. The molecule has 6 heteroatoms. The fourth-order valence-electron chi connectivity index (χ4n) is 1.40. The Balaban J connectivity index is 0.00000112. The molecule has 0 aliphatic carbocycles. The van der Waals surface area contributed by atoms with Gasteiger partial charge in [0, 0.05) is 12.4 Å². The molecule has 1 aliphatic heterocycles. The van der Waals surface area contributed by atoms with Gasteiger partial charge in [0.05, 0.1) is 12.6 Å². The predicted molar refractivity (Wildman–Crippen MR) is 50.7 cm³/mol. The molecule has 0 aromatic carbocycles. The lowest BCUT2D eigenvalue weighted by Crippen LogP contribution is -3.14. The van der Waals surface area contributed by atoms with E-state index in [1.54, 1.807) is 12.4 Å². The maximum Gasteiger partial charge on any atom is 0.295 e. The van der Waals surface area contributed by atoms with Gasteiger partial charge in [-0.2, -0.15) is 0 Å². The molecule has 1 atom stereocenters. The van der Waals surface area contributed by atoms with Crippen LogP contribution in [0, 0.1) is 0 Å². The minimum absolute atomic E-state index is 0. The van der Waals surface area contributed by atoms with Gasteiger partial charge >= 0.3 is 0 Å².